The molecular weight excluding hydrogens is 296 g/mol. The van der Waals surface area contributed by atoms with E-state index in [-0.39, 0.29) is 0 Å². The third kappa shape index (κ3) is 4.36. The molecule has 0 bridgehead atoms. The van der Waals surface area contributed by atoms with E-state index in [1.165, 1.54) is 0 Å². The first-order valence-electron chi connectivity index (χ1n) is 6.82. The number of amides is 2. The summed E-state index contributed by atoms with van der Waals surface area (Å²) in [6, 6.07) is 13.0. The molecule has 0 aliphatic heterocycles. The van der Waals surface area contributed by atoms with Gasteiger partial charge in [-0.15, -0.1) is 11.8 Å². The van der Waals surface area contributed by atoms with Crippen molar-refractivity contribution in [2.45, 2.75) is 18.7 Å². The van der Waals surface area contributed by atoms with Gasteiger partial charge >= 0.3 is 11.8 Å². The highest BCUT2D eigenvalue weighted by molar-refractivity contribution is 7.98. The van der Waals surface area contributed by atoms with Crippen molar-refractivity contribution in [1.29, 1.82) is 0 Å². The standard InChI is InChI=1S/C17H18N2O2S/c1-11-7-12(2)9-14(8-11)19-17(21)16(20)18-13-5-4-6-15(10-13)22-3/h4-10H,1-3H3,(H,18,20)(H,19,21). The average molecular weight is 314 g/mol. The maximum absolute atomic E-state index is 12.0. The molecule has 0 aliphatic rings. The van der Waals surface area contributed by atoms with E-state index in [2.05, 4.69) is 10.6 Å². The summed E-state index contributed by atoms with van der Waals surface area (Å²) in [5.74, 6) is -1.36. The molecule has 0 atom stereocenters. The highest BCUT2D eigenvalue weighted by Gasteiger charge is 2.14. The number of benzene rings is 2. The summed E-state index contributed by atoms with van der Waals surface area (Å²) in [6.07, 6.45) is 1.95. The summed E-state index contributed by atoms with van der Waals surface area (Å²) < 4.78 is 0. The minimum absolute atomic E-state index is 0.604. The Balaban J connectivity index is 2.04. The van der Waals surface area contributed by atoms with Gasteiger partial charge in [-0.2, -0.15) is 0 Å². The van der Waals surface area contributed by atoms with Crippen LogP contribution in [0.25, 0.3) is 0 Å². The Morgan fingerprint density at radius 1 is 0.864 bits per heavy atom. The third-order valence-electron chi connectivity index (χ3n) is 3.01. The molecule has 0 spiro atoms. The van der Waals surface area contributed by atoms with E-state index in [9.17, 15) is 9.59 Å². The van der Waals surface area contributed by atoms with E-state index in [0.29, 0.717) is 11.4 Å². The second kappa shape index (κ2) is 7.13. The van der Waals surface area contributed by atoms with E-state index in [0.717, 1.165) is 16.0 Å². The molecular formula is C17H18N2O2S. The zero-order valence-corrected chi connectivity index (χ0v) is 13.6. The first-order valence-corrected chi connectivity index (χ1v) is 8.05. The quantitative estimate of drug-likeness (QED) is 0.672. The topological polar surface area (TPSA) is 58.2 Å². The molecule has 22 heavy (non-hydrogen) atoms. The van der Waals surface area contributed by atoms with E-state index in [1.807, 2.05) is 56.5 Å². The predicted octanol–water partition coefficient (Wildman–Crippen LogP) is 3.60. The summed E-state index contributed by atoms with van der Waals surface area (Å²) >= 11 is 1.57. The summed E-state index contributed by atoms with van der Waals surface area (Å²) in [5.41, 5.74) is 3.29. The number of aryl methyl sites for hydroxylation is 2. The Morgan fingerprint density at radius 2 is 1.45 bits per heavy atom. The molecule has 2 aromatic rings. The fraction of sp³-hybridized carbons (Fsp3) is 0.176. The largest absolute Gasteiger partial charge is 0.318 e. The molecule has 2 amide bonds. The molecule has 0 saturated heterocycles. The SMILES string of the molecule is CSc1cccc(NC(=O)C(=O)Nc2cc(C)cc(C)c2)c1. The van der Waals surface area contributed by atoms with Gasteiger partial charge in [0, 0.05) is 16.3 Å². The normalized spacial score (nSPS) is 10.1. The maximum atomic E-state index is 12.0. The molecule has 114 valence electrons. The van der Waals surface area contributed by atoms with Crippen LogP contribution in [-0.4, -0.2) is 18.1 Å². The third-order valence-corrected chi connectivity index (χ3v) is 3.74. The van der Waals surface area contributed by atoms with Crippen molar-refractivity contribution in [2.75, 3.05) is 16.9 Å². The minimum atomic E-state index is -0.683. The Morgan fingerprint density at radius 3 is 2.05 bits per heavy atom. The van der Waals surface area contributed by atoms with Gasteiger partial charge in [-0.25, -0.2) is 0 Å². The van der Waals surface area contributed by atoms with E-state index < -0.39 is 11.8 Å². The monoisotopic (exact) mass is 314 g/mol. The summed E-state index contributed by atoms with van der Waals surface area (Å²) in [7, 11) is 0. The molecule has 0 heterocycles. The van der Waals surface area contributed by atoms with Crippen molar-refractivity contribution in [3.8, 4) is 0 Å². The zero-order valence-electron chi connectivity index (χ0n) is 12.8. The highest BCUT2D eigenvalue weighted by Crippen LogP contribution is 2.19. The van der Waals surface area contributed by atoms with E-state index in [4.69, 9.17) is 0 Å². The molecule has 0 aliphatic carbocycles. The second-order valence-electron chi connectivity index (χ2n) is 5.02. The lowest BCUT2D eigenvalue weighted by Crippen LogP contribution is -2.29. The van der Waals surface area contributed by atoms with Gasteiger partial charge in [0.1, 0.15) is 0 Å². The molecule has 0 aromatic heterocycles. The fourth-order valence-electron chi connectivity index (χ4n) is 2.12. The Hall–Kier alpha value is -2.27. The lowest BCUT2D eigenvalue weighted by Gasteiger charge is -2.09. The van der Waals surface area contributed by atoms with Crippen molar-refractivity contribution in [3.63, 3.8) is 0 Å². The van der Waals surface area contributed by atoms with Crippen LogP contribution in [0.1, 0.15) is 11.1 Å². The fourth-order valence-corrected chi connectivity index (χ4v) is 2.58. The van der Waals surface area contributed by atoms with Crippen molar-refractivity contribution in [1.82, 2.24) is 0 Å². The number of hydrogen-bond acceptors (Lipinski definition) is 3. The number of anilines is 2. The lowest BCUT2D eigenvalue weighted by molar-refractivity contribution is -0.133. The maximum Gasteiger partial charge on any atom is 0.314 e. The Labute approximate surface area is 134 Å². The smallest absolute Gasteiger partial charge is 0.314 e. The van der Waals surface area contributed by atoms with Crippen LogP contribution >= 0.6 is 11.8 Å². The van der Waals surface area contributed by atoms with Crippen LogP contribution in [0.5, 0.6) is 0 Å². The molecule has 4 nitrogen and oxygen atoms in total. The highest BCUT2D eigenvalue weighted by atomic mass is 32.2. The number of carbonyl (C=O) groups is 2. The van der Waals surface area contributed by atoms with Crippen LogP contribution in [0, 0.1) is 13.8 Å². The zero-order chi connectivity index (χ0) is 16.1. The Kier molecular flexibility index (Phi) is 5.22. The van der Waals surface area contributed by atoms with Gasteiger partial charge in [0.15, 0.2) is 0 Å². The van der Waals surface area contributed by atoms with Crippen LogP contribution < -0.4 is 10.6 Å². The molecule has 0 radical (unpaired) electrons. The molecule has 0 fully saturated rings. The molecule has 2 N–H and O–H groups in total. The number of nitrogens with one attached hydrogen (secondary N) is 2. The number of carbonyl (C=O) groups excluding carboxylic acids is 2. The second-order valence-corrected chi connectivity index (χ2v) is 5.90. The van der Waals surface area contributed by atoms with Crippen LogP contribution in [0.2, 0.25) is 0 Å². The average Bonchev–Trinajstić information content (AvgIpc) is 2.46. The molecule has 2 rings (SSSR count). The van der Waals surface area contributed by atoms with Gasteiger partial charge in [-0.3, -0.25) is 9.59 Å². The van der Waals surface area contributed by atoms with Gasteiger partial charge in [0.05, 0.1) is 0 Å². The van der Waals surface area contributed by atoms with Gasteiger partial charge in [-0.1, -0.05) is 12.1 Å². The number of hydrogen-bond donors (Lipinski definition) is 2. The van der Waals surface area contributed by atoms with Crippen molar-refractivity contribution >= 4 is 35.0 Å². The van der Waals surface area contributed by atoms with Crippen LogP contribution in [0.4, 0.5) is 11.4 Å². The lowest BCUT2D eigenvalue weighted by atomic mass is 10.1. The number of thioether (sulfide) groups is 1. The van der Waals surface area contributed by atoms with Crippen LogP contribution in [0.15, 0.2) is 47.4 Å². The first kappa shape index (κ1) is 16.1. The van der Waals surface area contributed by atoms with E-state index in [1.54, 1.807) is 17.8 Å². The van der Waals surface area contributed by atoms with Crippen molar-refractivity contribution < 1.29 is 9.59 Å². The predicted molar refractivity (Wildman–Crippen MR) is 91.4 cm³/mol. The van der Waals surface area contributed by atoms with Gasteiger partial charge in [-0.05, 0) is 61.6 Å². The summed E-state index contributed by atoms with van der Waals surface area (Å²) in [5, 5.41) is 5.22. The Bertz CT molecular complexity index is 693. The molecule has 0 unspecified atom stereocenters. The van der Waals surface area contributed by atoms with Crippen molar-refractivity contribution in [3.05, 3.63) is 53.6 Å². The minimum Gasteiger partial charge on any atom is -0.318 e. The number of rotatable bonds is 3. The molecule has 5 heteroatoms. The van der Waals surface area contributed by atoms with E-state index >= 15 is 0 Å². The van der Waals surface area contributed by atoms with Crippen LogP contribution in [-0.2, 0) is 9.59 Å². The van der Waals surface area contributed by atoms with Crippen LogP contribution in [0.3, 0.4) is 0 Å². The molecule has 0 saturated carbocycles. The first-order chi connectivity index (χ1) is 10.5. The van der Waals surface area contributed by atoms with Gasteiger partial charge in [0.2, 0.25) is 0 Å². The molecule has 2 aromatic carbocycles. The van der Waals surface area contributed by atoms with Gasteiger partial charge < -0.3 is 10.6 Å². The summed E-state index contributed by atoms with van der Waals surface area (Å²) in [6.45, 7) is 3.88. The summed E-state index contributed by atoms with van der Waals surface area (Å²) in [4.78, 5) is 24.9. The van der Waals surface area contributed by atoms with Gasteiger partial charge in [0.25, 0.3) is 0 Å². The van der Waals surface area contributed by atoms with Crippen molar-refractivity contribution in [2.24, 2.45) is 0 Å².